The molecule has 0 radical (unpaired) electrons. The highest BCUT2D eigenvalue weighted by molar-refractivity contribution is 5.92. The van der Waals surface area contributed by atoms with Gasteiger partial charge in [-0.2, -0.15) is 0 Å². The largest absolute Gasteiger partial charge is 0.493 e. The second kappa shape index (κ2) is 11.0. The lowest BCUT2D eigenvalue weighted by Crippen LogP contribution is -2.44. The summed E-state index contributed by atoms with van der Waals surface area (Å²) in [6.45, 7) is 5.17. The van der Waals surface area contributed by atoms with Crippen molar-refractivity contribution in [1.29, 1.82) is 0 Å². The molecule has 9 nitrogen and oxygen atoms in total. The number of hydrogen-bond donors (Lipinski definition) is 1. The third-order valence-electron chi connectivity index (χ3n) is 5.63. The van der Waals surface area contributed by atoms with Gasteiger partial charge in [-0.15, -0.1) is 5.10 Å². The monoisotopic (exact) mass is 443 g/mol. The van der Waals surface area contributed by atoms with E-state index in [-0.39, 0.29) is 23.9 Å². The van der Waals surface area contributed by atoms with E-state index in [1.165, 1.54) is 0 Å². The molecule has 1 fully saturated rings. The topological polar surface area (TPSA) is 98.6 Å². The van der Waals surface area contributed by atoms with Crippen molar-refractivity contribution in [2.45, 2.75) is 64.6 Å². The van der Waals surface area contributed by atoms with Crippen LogP contribution in [0.5, 0.6) is 11.5 Å². The van der Waals surface area contributed by atoms with Gasteiger partial charge in [-0.1, -0.05) is 11.3 Å². The lowest BCUT2D eigenvalue weighted by molar-refractivity contribution is -0.134. The van der Waals surface area contributed by atoms with E-state index in [9.17, 15) is 9.59 Å². The Bertz CT molecular complexity index is 927. The highest BCUT2D eigenvalue weighted by atomic mass is 16.5. The highest BCUT2D eigenvalue weighted by Gasteiger charge is 2.27. The van der Waals surface area contributed by atoms with Gasteiger partial charge in [0.05, 0.1) is 26.8 Å². The van der Waals surface area contributed by atoms with Crippen molar-refractivity contribution in [3.05, 3.63) is 35.7 Å². The third-order valence-corrected chi connectivity index (χ3v) is 5.63. The molecule has 2 aromatic rings. The first-order valence-corrected chi connectivity index (χ1v) is 11.1. The van der Waals surface area contributed by atoms with Crippen LogP contribution in [0.15, 0.2) is 24.4 Å². The fourth-order valence-corrected chi connectivity index (χ4v) is 4.02. The number of hydrogen-bond acceptors (Lipinski definition) is 6. The molecule has 1 aromatic carbocycles. The molecular weight excluding hydrogens is 410 g/mol. The summed E-state index contributed by atoms with van der Waals surface area (Å²) in [6.07, 6.45) is 5.83. The number of aromatic nitrogens is 3. The fraction of sp³-hybridized carbons (Fsp3) is 0.565. The number of benzene rings is 1. The van der Waals surface area contributed by atoms with Crippen molar-refractivity contribution in [3.63, 3.8) is 0 Å². The lowest BCUT2D eigenvalue weighted by Gasteiger charge is -2.36. The van der Waals surface area contributed by atoms with Crippen molar-refractivity contribution in [3.8, 4) is 11.5 Å². The van der Waals surface area contributed by atoms with Crippen LogP contribution in [0, 0.1) is 0 Å². The molecule has 1 saturated heterocycles. The first kappa shape index (κ1) is 23.6. The number of carbonyl (C=O) groups excluding carboxylic acids is 2. The molecule has 2 amide bonds. The van der Waals surface area contributed by atoms with Crippen molar-refractivity contribution in [2.75, 3.05) is 20.8 Å². The minimum absolute atomic E-state index is 0.0418. The fourth-order valence-electron chi connectivity index (χ4n) is 4.02. The molecule has 2 heterocycles. The normalized spacial score (nSPS) is 16.2. The van der Waals surface area contributed by atoms with E-state index in [0.717, 1.165) is 37.8 Å². The molecule has 0 aliphatic carbocycles. The van der Waals surface area contributed by atoms with Crippen molar-refractivity contribution < 1.29 is 19.1 Å². The number of nitrogens with one attached hydrogen (secondary N) is 1. The first-order chi connectivity index (χ1) is 15.4. The molecule has 0 saturated carbocycles. The van der Waals surface area contributed by atoms with Gasteiger partial charge in [-0.05, 0) is 57.2 Å². The predicted molar refractivity (Wildman–Crippen MR) is 120 cm³/mol. The zero-order chi connectivity index (χ0) is 23.1. The Labute approximate surface area is 189 Å². The number of piperidine rings is 1. The van der Waals surface area contributed by atoms with Gasteiger partial charge < -0.3 is 19.7 Å². The molecule has 0 bridgehead atoms. The van der Waals surface area contributed by atoms with Crippen LogP contribution in [0.3, 0.4) is 0 Å². The molecule has 174 valence electrons. The maximum atomic E-state index is 13.1. The second-order valence-corrected chi connectivity index (χ2v) is 8.39. The van der Waals surface area contributed by atoms with Crippen molar-refractivity contribution in [2.24, 2.45) is 0 Å². The van der Waals surface area contributed by atoms with Gasteiger partial charge in [-0.3, -0.25) is 14.3 Å². The summed E-state index contributed by atoms with van der Waals surface area (Å²) < 4.78 is 12.3. The SMILES string of the molecule is COc1ccc(CC(=O)N2CCCCC2CCn2cc(C(=O)NC(C)C)nn2)cc1OC. The Kier molecular flexibility index (Phi) is 8.08. The molecular formula is C23H33N5O4. The summed E-state index contributed by atoms with van der Waals surface area (Å²) in [5, 5.41) is 10.9. The number of amides is 2. The van der Waals surface area contributed by atoms with Gasteiger partial charge >= 0.3 is 0 Å². The third kappa shape index (κ3) is 5.99. The summed E-state index contributed by atoms with van der Waals surface area (Å²) in [4.78, 5) is 27.2. The van der Waals surface area contributed by atoms with Gasteiger partial charge in [0.15, 0.2) is 17.2 Å². The smallest absolute Gasteiger partial charge is 0.273 e. The average molecular weight is 444 g/mol. The Hall–Kier alpha value is -3.10. The van der Waals surface area contributed by atoms with Crippen LogP contribution in [-0.2, 0) is 17.8 Å². The summed E-state index contributed by atoms with van der Waals surface area (Å²) >= 11 is 0. The Morgan fingerprint density at radius 3 is 2.69 bits per heavy atom. The Balaban J connectivity index is 1.60. The number of rotatable bonds is 9. The Morgan fingerprint density at radius 1 is 1.19 bits per heavy atom. The molecule has 32 heavy (non-hydrogen) atoms. The molecule has 1 N–H and O–H groups in total. The number of nitrogens with zero attached hydrogens (tertiary/aromatic N) is 4. The van der Waals surface area contributed by atoms with E-state index in [2.05, 4.69) is 15.6 Å². The number of methoxy groups -OCH3 is 2. The van der Waals surface area contributed by atoms with E-state index < -0.39 is 0 Å². The minimum Gasteiger partial charge on any atom is -0.493 e. The summed E-state index contributed by atoms with van der Waals surface area (Å²) in [7, 11) is 3.18. The van der Waals surface area contributed by atoms with Gasteiger partial charge in [0, 0.05) is 25.2 Å². The van der Waals surface area contributed by atoms with Crippen LogP contribution >= 0.6 is 0 Å². The van der Waals surface area contributed by atoms with E-state index in [1.807, 2.05) is 36.9 Å². The number of ether oxygens (including phenoxy) is 2. The van der Waals surface area contributed by atoms with E-state index >= 15 is 0 Å². The highest BCUT2D eigenvalue weighted by Crippen LogP contribution is 2.28. The van der Waals surface area contributed by atoms with E-state index in [4.69, 9.17) is 9.47 Å². The molecule has 1 aliphatic rings. The molecule has 1 aromatic heterocycles. The zero-order valence-electron chi connectivity index (χ0n) is 19.3. The van der Waals surface area contributed by atoms with Crippen LogP contribution in [0.25, 0.3) is 0 Å². The summed E-state index contributed by atoms with van der Waals surface area (Å²) in [5.74, 6) is 1.15. The standard InChI is InChI=1S/C23H33N5O4/c1-16(2)24-23(30)19-15-27(26-25-19)12-10-18-7-5-6-11-28(18)22(29)14-17-8-9-20(31-3)21(13-17)32-4/h8-9,13,15-16,18H,5-7,10-12,14H2,1-4H3,(H,24,30). The number of aryl methyl sites for hydroxylation is 1. The van der Waals surface area contributed by atoms with E-state index in [1.54, 1.807) is 25.1 Å². The molecule has 9 heteroatoms. The minimum atomic E-state index is -0.226. The molecule has 1 unspecified atom stereocenters. The second-order valence-electron chi connectivity index (χ2n) is 8.39. The summed E-state index contributed by atoms with van der Waals surface area (Å²) in [6, 6.07) is 5.77. The van der Waals surface area contributed by atoms with Gasteiger partial charge in [0.2, 0.25) is 5.91 Å². The molecule has 1 atom stereocenters. The number of likely N-dealkylation sites (tertiary alicyclic amines) is 1. The molecule has 1 aliphatic heterocycles. The van der Waals surface area contributed by atoms with Crippen molar-refractivity contribution in [1.82, 2.24) is 25.2 Å². The number of carbonyl (C=O) groups is 2. The van der Waals surface area contributed by atoms with Gasteiger partial charge in [0.25, 0.3) is 5.91 Å². The van der Waals surface area contributed by atoms with Crippen LogP contribution < -0.4 is 14.8 Å². The van der Waals surface area contributed by atoms with Gasteiger partial charge in [-0.25, -0.2) is 0 Å². The average Bonchev–Trinajstić information content (AvgIpc) is 3.26. The van der Waals surface area contributed by atoms with Crippen LogP contribution in [0.1, 0.15) is 55.6 Å². The lowest BCUT2D eigenvalue weighted by atomic mass is 9.98. The quantitative estimate of drug-likeness (QED) is 0.639. The van der Waals surface area contributed by atoms with Crippen LogP contribution in [0.2, 0.25) is 0 Å². The maximum Gasteiger partial charge on any atom is 0.273 e. The van der Waals surface area contributed by atoms with Gasteiger partial charge in [0.1, 0.15) is 0 Å². The molecule has 0 spiro atoms. The van der Waals surface area contributed by atoms with Crippen LogP contribution in [-0.4, -0.2) is 64.6 Å². The maximum absolute atomic E-state index is 13.1. The molecule has 3 rings (SSSR count). The first-order valence-electron chi connectivity index (χ1n) is 11.1. The predicted octanol–water partition coefficient (Wildman–Crippen LogP) is 2.45. The Morgan fingerprint density at radius 2 is 1.97 bits per heavy atom. The summed E-state index contributed by atoms with van der Waals surface area (Å²) in [5.41, 5.74) is 1.21. The van der Waals surface area contributed by atoms with Crippen LogP contribution in [0.4, 0.5) is 0 Å². The van der Waals surface area contributed by atoms with Crippen molar-refractivity contribution >= 4 is 11.8 Å². The zero-order valence-corrected chi connectivity index (χ0v) is 19.3. The van der Waals surface area contributed by atoms with E-state index in [0.29, 0.717) is 30.2 Å².